The van der Waals surface area contributed by atoms with E-state index in [1.165, 1.54) is 65.6 Å². The van der Waals surface area contributed by atoms with Gasteiger partial charge in [0.1, 0.15) is 11.5 Å². The summed E-state index contributed by atoms with van der Waals surface area (Å²) in [5, 5.41) is 5.43. The molecular formula is C27H23F2N5O3. The number of rotatable bonds is 8. The van der Waals surface area contributed by atoms with Crippen LogP contribution >= 0.6 is 0 Å². The Bertz CT molecular complexity index is 1500. The van der Waals surface area contributed by atoms with Gasteiger partial charge in [0.15, 0.2) is 5.78 Å². The highest BCUT2D eigenvalue weighted by molar-refractivity contribution is 6.08. The molecule has 0 unspecified atom stereocenters. The molecule has 4 aromatic rings. The number of likely N-dealkylation sites (N-methyl/N-ethyl adjacent to an activating group) is 1. The number of aromatic nitrogens is 3. The molecule has 0 aliphatic heterocycles. The predicted molar refractivity (Wildman–Crippen MR) is 134 cm³/mol. The third kappa shape index (κ3) is 5.81. The Kier molecular flexibility index (Phi) is 7.59. The van der Waals surface area contributed by atoms with Crippen LogP contribution in [0.15, 0.2) is 78.0 Å². The molecule has 1 aromatic carbocycles. The van der Waals surface area contributed by atoms with Gasteiger partial charge < -0.3 is 15.2 Å². The monoisotopic (exact) mass is 503 g/mol. The first-order valence-corrected chi connectivity index (χ1v) is 11.3. The summed E-state index contributed by atoms with van der Waals surface area (Å²) < 4.78 is 28.1. The molecular weight excluding hydrogens is 480 g/mol. The number of ketones is 1. The quantitative estimate of drug-likeness (QED) is 0.282. The van der Waals surface area contributed by atoms with Crippen LogP contribution in [0, 0.1) is 11.8 Å². The number of amides is 1. The SMILES string of the molecule is CN[C@@H](C)C(=O)Nc1ccc(-c2ccc(F)nc2)n(Cc2cncc(C(=O)c3ccc(F)cc3)c2)c1=O. The number of benzene rings is 1. The van der Waals surface area contributed by atoms with Crippen LogP contribution in [0.25, 0.3) is 11.3 Å². The highest BCUT2D eigenvalue weighted by atomic mass is 19.1. The van der Waals surface area contributed by atoms with Crippen LogP contribution in [-0.4, -0.2) is 39.3 Å². The van der Waals surface area contributed by atoms with Gasteiger partial charge in [0.2, 0.25) is 11.9 Å². The molecule has 1 amide bonds. The summed E-state index contributed by atoms with van der Waals surface area (Å²) in [7, 11) is 1.63. The molecule has 8 nitrogen and oxygen atoms in total. The molecule has 0 fully saturated rings. The van der Waals surface area contributed by atoms with E-state index in [0.29, 0.717) is 22.4 Å². The molecule has 188 valence electrons. The van der Waals surface area contributed by atoms with Gasteiger partial charge in [0.25, 0.3) is 5.56 Å². The average molecular weight is 504 g/mol. The maximum Gasteiger partial charge on any atom is 0.275 e. The van der Waals surface area contributed by atoms with E-state index >= 15 is 0 Å². The van der Waals surface area contributed by atoms with Crippen molar-refractivity contribution >= 4 is 17.4 Å². The van der Waals surface area contributed by atoms with Gasteiger partial charge in [-0.3, -0.25) is 19.4 Å². The first-order valence-electron chi connectivity index (χ1n) is 11.3. The number of carbonyl (C=O) groups excluding carboxylic acids is 2. The lowest BCUT2D eigenvalue weighted by Gasteiger charge is -2.17. The number of nitrogens with zero attached hydrogens (tertiary/aromatic N) is 3. The molecule has 4 rings (SSSR count). The summed E-state index contributed by atoms with van der Waals surface area (Å²) in [6, 6.07) is 12.0. The molecule has 0 bridgehead atoms. The topological polar surface area (TPSA) is 106 Å². The second-order valence-corrected chi connectivity index (χ2v) is 8.31. The van der Waals surface area contributed by atoms with Gasteiger partial charge in [-0.1, -0.05) is 0 Å². The van der Waals surface area contributed by atoms with Crippen LogP contribution in [0.5, 0.6) is 0 Å². The second-order valence-electron chi connectivity index (χ2n) is 8.31. The van der Waals surface area contributed by atoms with E-state index in [-0.39, 0.29) is 23.6 Å². The summed E-state index contributed by atoms with van der Waals surface area (Å²) in [5.74, 6) is -1.87. The van der Waals surface area contributed by atoms with Gasteiger partial charge in [0, 0.05) is 35.3 Å². The Labute approximate surface area is 211 Å². The van der Waals surface area contributed by atoms with E-state index in [0.717, 1.165) is 0 Å². The van der Waals surface area contributed by atoms with E-state index in [1.54, 1.807) is 26.1 Å². The van der Waals surface area contributed by atoms with Crippen LogP contribution < -0.4 is 16.2 Å². The van der Waals surface area contributed by atoms with Crippen LogP contribution in [-0.2, 0) is 11.3 Å². The van der Waals surface area contributed by atoms with E-state index in [9.17, 15) is 23.2 Å². The Morgan fingerprint density at radius 3 is 2.41 bits per heavy atom. The van der Waals surface area contributed by atoms with Crippen molar-refractivity contribution in [2.75, 3.05) is 12.4 Å². The molecule has 3 aromatic heterocycles. The Balaban J connectivity index is 1.74. The Morgan fingerprint density at radius 2 is 1.73 bits per heavy atom. The van der Waals surface area contributed by atoms with E-state index in [2.05, 4.69) is 20.6 Å². The van der Waals surface area contributed by atoms with Gasteiger partial charge in [-0.15, -0.1) is 0 Å². The Hall–Kier alpha value is -4.57. The average Bonchev–Trinajstić information content (AvgIpc) is 2.91. The number of nitrogens with one attached hydrogen (secondary N) is 2. The number of carbonyl (C=O) groups is 2. The predicted octanol–water partition coefficient (Wildman–Crippen LogP) is 3.41. The standard InChI is InChI=1S/C27H23F2N5O3/c1-16(30-2)26(36)33-22-8-9-23(19-5-10-24(29)32-14-19)34(27(22)37)15-17-11-20(13-31-12-17)25(35)18-3-6-21(28)7-4-18/h3-14,16,30H,15H2,1-2H3,(H,33,36)/t16-/m0/s1. The van der Waals surface area contributed by atoms with E-state index < -0.39 is 29.3 Å². The van der Waals surface area contributed by atoms with Crippen LogP contribution in [0.4, 0.5) is 14.5 Å². The second kappa shape index (κ2) is 11.0. The molecule has 3 heterocycles. The molecule has 0 saturated carbocycles. The summed E-state index contributed by atoms with van der Waals surface area (Å²) in [6.07, 6.45) is 4.20. The van der Waals surface area contributed by atoms with Gasteiger partial charge in [-0.05, 0) is 74.1 Å². The zero-order valence-corrected chi connectivity index (χ0v) is 20.0. The fraction of sp³-hybridized carbons (Fsp3) is 0.148. The highest BCUT2D eigenvalue weighted by Gasteiger charge is 2.17. The molecule has 2 N–H and O–H groups in total. The van der Waals surface area contributed by atoms with E-state index in [4.69, 9.17) is 0 Å². The molecule has 0 saturated heterocycles. The number of anilines is 1. The van der Waals surface area contributed by atoms with Crippen molar-refractivity contribution in [1.29, 1.82) is 0 Å². The smallest absolute Gasteiger partial charge is 0.275 e. The van der Waals surface area contributed by atoms with Crippen molar-refractivity contribution in [3.63, 3.8) is 0 Å². The molecule has 0 radical (unpaired) electrons. The normalized spacial score (nSPS) is 11.7. The fourth-order valence-corrected chi connectivity index (χ4v) is 3.63. The highest BCUT2D eigenvalue weighted by Crippen LogP contribution is 2.21. The first kappa shape index (κ1) is 25.5. The van der Waals surface area contributed by atoms with Crippen LogP contribution in [0.2, 0.25) is 0 Å². The third-order valence-electron chi connectivity index (χ3n) is 5.79. The summed E-state index contributed by atoms with van der Waals surface area (Å²) in [6.45, 7) is 1.65. The fourth-order valence-electron chi connectivity index (χ4n) is 3.63. The summed E-state index contributed by atoms with van der Waals surface area (Å²) in [5.41, 5.74) is 1.52. The molecule has 37 heavy (non-hydrogen) atoms. The van der Waals surface area contributed by atoms with Crippen molar-refractivity contribution < 1.29 is 18.4 Å². The Morgan fingerprint density at radius 1 is 0.973 bits per heavy atom. The van der Waals surface area contributed by atoms with Gasteiger partial charge in [-0.2, -0.15) is 4.39 Å². The minimum Gasteiger partial charge on any atom is -0.320 e. The molecule has 0 aliphatic carbocycles. The number of halogens is 2. The number of hydrogen-bond acceptors (Lipinski definition) is 6. The lowest BCUT2D eigenvalue weighted by molar-refractivity contribution is -0.117. The lowest BCUT2D eigenvalue weighted by atomic mass is 10.0. The largest absolute Gasteiger partial charge is 0.320 e. The minimum absolute atomic E-state index is 0.00558. The molecule has 1 atom stereocenters. The van der Waals surface area contributed by atoms with Crippen LogP contribution in [0.1, 0.15) is 28.4 Å². The van der Waals surface area contributed by atoms with Crippen molar-refractivity contribution in [3.8, 4) is 11.3 Å². The zero-order valence-electron chi connectivity index (χ0n) is 20.0. The molecule has 0 spiro atoms. The maximum atomic E-state index is 13.5. The van der Waals surface area contributed by atoms with Gasteiger partial charge in [0.05, 0.1) is 18.3 Å². The minimum atomic E-state index is -0.668. The van der Waals surface area contributed by atoms with E-state index in [1.807, 2.05) is 0 Å². The van der Waals surface area contributed by atoms with Crippen molar-refractivity contribution in [1.82, 2.24) is 19.9 Å². The summed E-state index contributed by atoms with van der Waals surface area (Å²) in [4.78, 5) is 46.6. The van der Waals surface area contributed by atoms with Crippen molar-refractivity contribution in [2.24, 2.45) is 0 Å². The molecule has 0 aliphatic rings. The van der Waals surface area contributed by atoms with Gasteiger partial charge in [-0.25, -0.2) is 9.37 Å². The van der Waals surface area contributed by atoms with Crippen molar-refractivity contribution in [3.05, 3.63) is 112 Å². The van der Waals surface area contributed by atoms with Crippen LogP contribution in [0.3, 0.4) is 0 Å². The molecule has 10 heteroatoms. The van der Waals surface area contributed by atoms with Crippen molar-refractivity contribution in [2.45, 2.75) is 19.5 Å². The zero-order chi connectivity index (χ0) is 26.5. The summed E-state index contributed by atoms with van der Waals surface area (Å²) >= 11 is 0. The van der Waals surface area contributed by atoms with Gasteiger partial charge >= 0.3 is 0 Å². The number of pyridine rings is 3. The first-order chi connectivity index (χ1) is 17.8. The third-order valence-corrected chi connectivity index (χ3v) is 5.79. The lowest BCUT2D eigenvalue weighted by Crippen LogP contribution is -2.37. The number of hydrogen-bond donors (Lipinski definition) is 2. The maximum absolute atomic E-state index is 13.5.